The van der Waals surface area contributed by atoms with Crippen LogP contribution in [-0.2, 0) is 4.79 Å². The quantitative estimate of drug-likeness (QED) is 0.576. The van der Waals surface area contributed by atoms with Crippen LogP contribution in [0.4, 0.5) is 5.69 Å². The molecule has 1 fully saturated rings. The van der Waals surface area contributed by atoms with Gasteiger partial charge in [-0.15, -0.1) is 0 Å². The molecule has 21 heavy (non-hydrogen) atoms. The highest BCUT2D eigenvalue weighted by Gasteiger charge is 2.18. The number of piperidine rings is 1. The summed E-state index contributed by atoms with van der Waals surface area (Å²) in [5.74, 6) is 1.16. The molecule has 0 bridgehead atoms. The average molecular weight is 434 g/mol. The first-order valence-electron chi connectivity index (χ1n) is 7.01. The topological polar surface area (TPSA) is 32.3 Å². The van der Waals surface area contributed by atoms with Gasteiger partial charge in [0.15, 0.2) is 0 Å². The Morgan fingerprint density at radius 2 is 2.00 bits per heavy atom. The number of carbonyl (C=O) groups is 1. The third-order valence-electron chi connectivity index (χ3n) is 3.50. The molecule has 1 amide bonds. The standard InChI is InChI=1S/C15H19IN2OS2/c1-11-6-8-18(9-7-11)15(20)21-10-14(19)17-13-4-2-12(16)3-5-13/h2-5,11H,6-10H2,1H3,(H,17,19). The maximum Gasteiger partial charge on any atom is 0.234 e. The van der Waals surface area contributed by atoms with Crippen molar-refractivity contribution in [3.05, 3.63) is 27.8 Å². The summed E-state index contributed by atoms with van der Waals surface area (Å²) in [4.78, 5) is 14.1. The summed E-state index contributed by atoms with van der Waals surface area (Å²) in [5.41, 5.74) is 0.832. The molecule has 6 heteroatoms. The molecule has 0 unspecified atom stereocenters. The van der Waals surface area contributed by atoms with Gasteiger partial charge in [-0.25, -0.2) is 0 Å². The third kappa shape index (κ3) is 5.75. The summed E-state index contributed by atoms with van der Waals surface area (Å²) in [7, 11) is 0. The molecule has 0 aliphatic carbocycles. The van der Waals surface area contributed by atoms with E-state index in [1.807, 2.05) is 24.3 Å². The number of hydrogen-bond donors (Lipinski definition) is 1. The van der Waals surface area contributed by atoms with Gasteiger partial charge in [-0.1, -0.05) is 30.9 Å². The lowest BCUT2D eigenvalue weighted by Crippen LogP contribution is -2.36. The molecule has 1 saturated heterocycles. The molecule has 1 aromatic carbocycles. The summed E-state index contributed by atoms with van der Waals surface area (Å²) in [6, 6.07) is 7.77. The Bertz CT molecular complexity index is 499. The SMILES string of the molecule is CC1CCN(C(=S)SCC(=O)Nc2ccc(I)cc2)CC1. The number of thioether (sulfide) groups is 1. The van der Waals surface area contributed by atoms with E-state index >= 15 is 0 Å². The van der Waals surface area contributed by atoms with Crippen molar-refractivity contribution >= 4 is 62.5 Å². The minimum atomic E-state index is -0.00562. The highest BCUT2D eigenvalue weighted by atomic mass is 127. The monoisotopic (exact) mass is 434 g/mol. The molecular formula is C15H19IN2OS2. The van der Waals surface area contributed by atoms with E-state index in [0.717, 1.165) is 32.6 Å². The number of nitrogens with one attached hydrogen (secondary N) is 1. The first-order valence-corrected chi connectivity index (χ1v) is 9.49. The first-order chi connectivity index (χ1) is 10.0. The van der Waals surface area contributed by atoms with Crippen LogP contribution >= 0.6 is 46.6 Å². The van der Waals surface area contributed by atoms with Crippen LogP contribution < -0.4 is 5.32 Å². The molecule has 0 saturated carbocycles. The van der Waals surface area contributed by atoms with E-state index in [1.54, 1.807) is 0 Å². The average Bonchev–Trinajstić information content (AvgIpc) is 2.48. The Morgan fingerprint density at radius 3 is 2.62 bits per heavy atom. The second-order valence-corrected chi connectivity index (χ2v) is 8.13. The second kappa shape index (κ2) is 8.33. The van der Waals surface area contributed by atoms with Crippen molar-refractivity contribution < 1.29 is 4.79 Å². The fraction of sp³-hybridized carbons (Fsp3) is 0.467. The van der Waals surface area contributed by atoms with Gasteiger partial charge in [-0.05, 0) is 65.6 Å². The van der Waals surface area contributed by atoms with Crippen molar-refractivity contribution in [2.24, 2.45) is 5.92 Å². The van der Waals surface area contributed by atoms with Crippen LogP contribution in [-0.4, -0.2) is 34.0 Å². The summed E-state index contributed by atoms with van der Waals surface area (Å²) in [6.07, 6.45) is 2.38. The maximum atomic E-state index is 11.9. The number of likely N-dealkylation sites (tertiary alicyclic amines) is 1. The fourth-order valence-electron chi connectivity index (χ4n) is 2.14. The lowest BCUT2D eigenvalue weighted by molar-refractivity contribution is -0.113. The van der Waals surface area contributed by atoms with E-state index in [9.17, 15) is 4.79 Å². The molecule has 0 aromatic heterocycles. The summed E-state index contributed by atoms with van der Waals surface area (Å²) in [5, 5.41) is 2.89. The van der Waals surface area contributed by atoms with Crippen molar-refractivity contribution in [3.8, 4) is 0 Å². The molecule has 3 nitrogen and oxygen atoms in total. The smallest absolute Gasteiger partial charge is 0.234 e. The number of rotatable bonds is 3. The van der Waals surface area contributed by atoms with Gasteiger partial charge in [0.1, 0.15) is 4.32 Å². The number of nitrogens with zero attached hydrogens (tertiary/aromatic N) is 1. The molecule has 1 aliphatic rings. The van der Waals surface area contributed by atoms with Gasteiger partial charge in [-0.2, -0.15) is 0 Å². The lowest BCUT2D eigenvalue weighted by atomic mass is 10.00. The zero-order valence-electron chi connectivity index (χ0n) is 12.0. The molecular weight excluding hydrogens is 415 g/mol. The maximum absolute atomic E-state index is 11.9. The van der Waals surface area contributed by atoms with Crippen molar-refractivity contribution in [3.63, 3.8) is 0 Å². The highest BCUT2D eigenvalue weighted by Crippen LogP contribution is 2.20. The van der Waals surface area contributed by atoms with Crippen molar-refractivity contribution in [2.45, 2.75) is 19.8 Å². The molecule has 1 aromatic rings. The molecule has 0 radical (unpaired) electrons. The summed E-state index contributed by atoms with van der Waals surface area (Å²) >= 11 is 9.12. The molecule has 0 spiro atoms. The Kier molecular flexibility index (Phi) is 6.75. The molecule has 1 N–H and O–H groups in total. The number of benzene rings is 1. The number of hydrogen-bond acceptors (Lipinski definition) is 3. The predicted octanol–water partition coefficient (Wildman–Crippen LogP) is 3.98. The van der Waals surface area contributed by atoms with Gasteiger partial charge in [0.25, 0.3) is 0 Å². The van der Waals surface area contributed by atoms with Gasteiger partial charge in [0.2, 0.25) is 5.91 Å². The minimum Gasteiger partial charge on any atom is -0.357 e. The van der Waals surface area contributed by atoms with Crippen molar-refractivity contribution in [1.29, 1.82) is 0 Å². The fourth-order valence-corrected chi connectivity index (χ4v) is 3.55. The third-order valence-corrected chi connectivity index (χ3v) is 5.74. The van der Waals surface area contributed by atoms with Gasteiger partial charge < -0.3 is 10.2 Å². The van der Waals surface area contributed by atoms with Crippen molar-refractivity contribution in [2.75, 3.05) is 24.2 Å². The molecule has 0 atom stereocenters. The molecule has 1 aliphatic heterocycles. The second-order valence-electron chi connectivity index (χ2n) is 5.28. The Morgan fingerprint density at radius 1 is 1.38 bits per heavy atom. The van der Waals surface area contributed by atoms with Crippen LogP contribution in [0.3, 0.4) is 0 Å². The predicted molar refractivity (Wildman–Crippen MR) is 103 cm³/mol. The van der Waals surface area contributed by atoms with Crippen LogP contribution in [0.15, 0.2) is 24.3 Å². The van der Waals surface area contributed by atoms with E-state index < -0.39 is 0 Å². The van der Waals surface area contributed by atoms with E-state index in [4.69, 9.17) is 12.2 Å². The van der Waals surface area contributed by atoms with Crippen molar-refractivity contribution in [1.82, 2.24) is 4.90 Å². The summed E-state index contributed by atoms with van der Waals surface area (Å²) in [6.45, 7) is 4.32. The van der Waals surface area contributed by atoms with Crippen LogP contribution in [0.5, 0.6) is 0 Å². The zero-order chi connectivity index (χ0) is 15.2. The first kappa shape index (κ1) is 17.0. The van der Waals surface area contributed by atoms with E-state index in [2.05, 4.69) is 39.7 Å². The highest BCUT2D eigenvalue weighted by molar-refractivity contribution is 14.1. The largest absolute Gasteiger partial charge is 0.357 e. The van der Waals surface area contributed by atoms with Gasteiger partial charge in [0, 0.05) is 22.3 Å². The Hall–Kier alpha value is -0.340. The van der Waals surface area contributed by atoms with Gasteiger partial charge >= 0.3 is 0 Å². The number of carbonyl (C=O) groups excluding carboxylic acids is 1. The number of halogens is 1. The van der Waals surface area contributed by atoms with E-state index in [-0.39, 0.29) is 5.91 Å². The summed E-state index contributed by atoms with van der Waals surface area (Å²) < 4.78 is 2.00. The van der Waals surface area contributed by atoms with Gasteiger partial charge in [-0.3, -0.25) is 4.79 Å². The molecule has 2 rings (SSSR count). The minimum absolute atomic E-state index is 0.00562. The lowest BCUT2D eigenvalue weighted by Gasteiger charge is -2.31. The van der Waals surface area contributed by atoms with Gasteiger partial charge in [0.05, 0.1) is 5.75 Å². The zero-order valence-corrected chi connectivity index (χ0v) is 15.8. The van der Waals surface area contributed by atoms with Crippen LogP contribution in [0, 0.1) is 9.49 Å². The van der Waals surface area contributed by atoms with E-state index in [1.165, 1.54) is 24.6 Å². The molecule has 114 valence electrons. The Balaban J connectivity index is 1.73. The van der Waals surface area contributed by atoms with Crippen LogP contribution in [0.1, 0.15) is 19.8 Å². The Labute approximate surface area is 149 Å². The number of thiocarbonyl (C=S) groups is 1. The normalized spacial score (nSPS) is 15.8. The number of amides is 1. The van der Waals surface area contributed by atoms with Crippen LogP contribution in [0.25, 0.3) is 0 Å². The molecule has 1 heterocycles. The van der Waals surface area contributed by atoms with E-state index in [0.29, 0.717) is 5.75 Å². The van der Waals surface area contributed by atoms with Crippen LogP contribution in [0.2, 0.25) is 0 Å². The number of anilines is 1.